The zero-order chi connectivity index (χ0) is 20.5. The SMILES string of the molecule is Cc1nnc(NC(=O)CCCC(=O)O[C@@H](CCCl)C(=O)c2ccc(Cl)cc2)s1. The van der Waals surface area contributed by atoms with Crippen LogP contribution in [0, 0.1) is 6.92 Å². The van der Waals surface area contributed by atoms with Crippen LogP contribution >= 0.6 is 34.5 Å². The van der Waals surface area contributed by atoms with Crippen molar-refractivity contribution in [3.8, 4) is 0 Å². The van der Waals surface area contributed by atoms with E-state index in [2.05, 4.69) is 15.5 Å². The molecule has 0 unspecified atom stereocenters. The molecule has 1 N–H and O–H groups in total. The Labute approximate surface area is 176 Å². The topological polar surface area (TPSA) is 98.2 Å². The fourth-order valence-corrected chi connectivity index (χ4v) is 3.21. The molecule has 1 amide bonds. The third-order valence-corrected chi connectivity index (χ3v) is 4.85. The van der Waals surface area contributed by atoms with Crippen LogP contribution in [0.3, 0.4) is 0 Å². The minimum atomic E-state index is -0.968. The van der Waals surface area contributed by atoms with Gasteiger partial charge in [-0.3, -0.25) is 14.4 Å². The number of carbonyl (C=O) groups is 3. The van der Waals surface area contributed by atoms with Crippen molar-refractivity contribution >= 4 is 57.3 Å². The molecule has 0 fully saturated rings. The molecule has 0 spiro atoms. The molecule has 0 aliphatic rings. The number of aryl methyl sites for hydroxylation is 1. The maximum absolute atomic E-state index is 12.5. The number of hydrogen-bond acceptors (Lipinski definition) is 7. The summed E-state index contributed by atoms with van der Waals surface area (Å²) >= 11 is 12.8. The number of Topliss-reactive ketones (excluding diaryl/α,β-unsaturated/α-hetero) is 1. The Balaban J connectivity index is 1.80. The van der Waals surface area contributed by atoms with E-state index in [1.807, 2.05) is 0 Å². The standard InChI is InChI=1S/C18H19Cl2N3O4S/c1-11-22-23-18(28-11)21-15(24)3-2-4-16(25)27-14(9-10-19)17(26)12-5-7-13(20)8-6-12/h5-8,14H,2-4,9-10H2,1H3,(H,21,23,24)/t14-/m0/s1. The lowest BCUT2D eigenvalue weighted by Crippen LogP contribution is -2.28. The van der Waals surface area contributed by atoms with Crippen LogP contribution in [0.15, 0.2) is 24.3 Å². The van der Waals surface area contributed by atoms with Crippen molar-refractivity contribution in [1.29, 1.82) is 0 Å². The zero-order valence-electron chi connectivity index (χ0n) is 15.1. The van der Waals surface area contributed by atoms with E-state index in [0.717, 1.165) is 5.01 Å². The van der Waals surface area contributed by atoms with Gasteiger partial charge in [0.1, 0.15) is 5.01 Å². The average molecular weight is 444 g/mol. The van der Waals surface area contributed by atoms with Crippen molar-refractivity contribution in [2.45, 2.75) is 38.7 Å². The Morgan fingerprint density at radius 2 is 1.89 bits per heavy atom. The summed E-state index contributed by atoms with van der Waals surface area (Å²) in [5.74, 6) is -0.994. The Morgan fingerprint density at radius 3 is 2.50 bits per heavy atom. The molecular weight excluding hydrogens is 425 g/mol. The molecule has 150 valence electrons. The van der Waals surface area contributed by atoms with E-state index in [1.54, 1.807) is 31.2 Å². The molecule has 28 heavy (non-hydrogen) atoms. The van der Waals surface area contributed by atoms with Crippen molar-refractivity contribution in [2.24, 2.45) is 0 Å². The second-order valence-corrected chi connectivity index (χ2v) is 7.85. The number of benzene rings is 1. The van der Waals surface area contributed by atoms with Gasteiger partial charge in [-0.2, -0.15) is 0 Å². The van der Waals surface area contributed by atoms with Gasteiger partial charge in [-0.05, 0) is 37.6 Å². The third-order valence-electron chi connectivity index (χ3n) is 3.62. The van der Waals surface area contributed by atoms with E-state index in [9.17, 15) is 14.4 Å². The van der Waals surface area contributed by atoms with Crippen molar-refractivity contribution in [3.05, 3.63) is 39.9 Å². The van der Waals surface area contributed by atoms with Crippen LogP contribution in [0.5, 0.6) is 0 Å². The number of amides is 1. The van der Waals surface area contributed by atoms with E-state index in [4.69, 9.17) is 27.9 Å². The van der Waals surface area contributed by atoms with Crippen molar-refractivity contribution in [2.75, 3.05) is 11.2 Å². The van der Waals surface area contributed by atoms with Gasteiger partial charge in [0.2, 0.25) is 16.8 Å². The van der Waals surface area contributed by atoms with Crippen molar-refractivity contribution < 1.29 is 19.1 Å². The fraction of sp³-hybridized carbons (Fsp3) is 0.389. The van der Waals surface area contributed by atoms with Crippen molar-refractivity contribution in [3.63, 3.8) is 0 Å². The molecule has 0 radical (unpaired) electrons. The summed E-state index contributed by atoms with van der Waals surface area (Å²) in [6.07, 6.45) is -0.352. The van der Waals surface area contributed by atoms with Gasteiger partial charge in [0.15, 0.2) is 6.10 Å². The lowest BCUT2D eigenvalue weighted by atomic mass is 10.0. The Morgan fingerprint density at radius 1 is 1.18 bits per heavy atom. The minimum absolute atomic E-state index is 0.00918. The molecule has 7 nitrogen and oxygen atoms in total. The molecule has 0 bridgehead atoms. The minimum Gasteiger partial charge on any atom is -0.454 e. The van der Waals surface area contributed by atoms with Crippen LogP contribution in [-0.2, 0) is 14.3 Å². The van der Waals surface area contributed by atoms with Gasteiger partial charge in [-0.25, -0.2) is 0 Å². The number of ketones is 1. The second-order valence-electron chi connectivity index (χ2n) is 5.86. The number of nitrogens with zero attached hydrogens (tertiary/aromatic N) is 2. The number of hydrogen-bond donors (Lipinski definition) is 1. The summed E-state index contributed by atoms with van der Waals surface area (Å²) in [6.45, 7) is 1.78. The number of nitrogens with one attached hydrogen (secondary N) is 1. The first kappa shape index (κ1) is 22.3. The summed E-state index contributed by atoms with van der Waals surface area (Å²) in [7, 11) is 0. The van der Waals surface area contributed by atoms with E-state index in [-0.39, 0.29) is 43.3 Å². The predicted molar refractivity (Wildman–Crippen MR) is 108 cm³/mol. The van der Waals surface area contributed by atoms with E-state index < -0.39 is 12.1 Å². The molecule has 0 saturated heterocycles. The average Bonchev–Trinajstić information content (AvgIpc) is 3.06. The van der Waals surface area contributed by atoms with Gasteiger partial charge in [0, 0.05) is 35.7 Å². The molecular formula is C18H19Cl2N3O4S. The van der Waals surface area contributed by atoms with Crippen LogP contribution in [0.1, 0.15) is 41.0 Å². The molecule has 1 heterocycles. The molecule has 10 heteroatoms. The van der Waals surface area contributed by atoms with Crippen LogP contribution < -0.4 is 5.32 Å². The summed E-state index contributed by atoms with van der Waals surface area (Å²) in [6, 6.07) is 6.32. The Bertz CT molecular complexity index is 826. The van der Waals surface area contributed by atoms with Gasteiger partial charge in [-0.1, -0.05) is 22.9 Å². The number of ether oxygens (including phenoxy) is 1. The third kappa shape index (κ3) is 7.18. The maximum atomic E-state index is 12.5. The smallest absolute Gasteiger partial charge is 0.306 e. The van der Waals surface area contributed by atoms with Gasteiger partial charge < -0.3 is 10.1 Å². The molecule has 1 aromatic carbocycles. The van der Waals surface area contributed by atoms with Gasteiger partial charge in [0.25, 0.3) is 0 Å². The lowest BCUT2D eigenvalue weighted by Gasteiger charge is -2.16. The van der Waals surface area contributed by atoms with Crippen LogP contribution in [0.25, 0.3) is 0 Å². The van der Waals surface area contributed by atoms with Crippen LogP contribution in [0.4, 0.5) is 5.13 Å². The highest BCUT2D eigenvalue weighted by molar-refractivity contribution is 7.15. The highest BCUT2D eigenvalue weighted by atomic mass is 35.5. The summed E-state index contributed by atoms with van der Waals surface area (Å²) in [4.78, 5) is 36.4. The van der Waals surface area contributed by atoms with Crippen molar-refractivity contribution in [1.82, 2.24) is 10.2 Å². The molecule has 0 aliphatic carbocycles. The van der Waals surface area contributed by atoms with Crippen LogP contribution in [-0.4, -0.2) is 39.8 Å². The summed E-state index contributed by atoms with van der Waals surface area (Å²) in [5, 5.41) is 11.9. The molecule has 2 aromatic rings. The van der Waals surface area contributed by atoms with E-state index >= 15 is 0 Å². The van der Waals surface area contributed by atoms with Crippen LogP contribution in [0.2, 0.25) is 5.02 Å². The Hall–Kier alpha value is -2.03. The first-order valence-electron chi connectivity index (χ1n) is 8.54. The first-order chi connectivity index (χ1) is 13.4. The number of esters is 1. The molecule has 2 rings (SSSR count). The Kier molecular flexibility index (Phi) is 8.82. The second kappa shape index (κ2) is 11.1. The number of carbonyl (C=O) groups excluding carboxylic acids is 3. The van der Waals surface area contributed by atoms with Gasteiger partial charge in [-0.15, -0.1) is 21.8 Å². The molecule has 0 aliphatic heterocycles. The predicted octanol–water partition coefficient (Wildman–Crippen LogP) is 4.03. The lowest BCUT2D eigenvalue weighted by molar-refractivity contribution is -0.147. The highest BCUT2D eigenvalue weighted by Crippen LogP contribution is 2.16. The quantitative estimate of drug-likeness (QED) is 0.338. The zero-order valence-corrected chi connectivity index (χ0v) is 17.4. The normalized spacial score (nSPS) is 11.7. The number of aromatic nitrogens is 2. The van der Waals surface area contributed by atoms with E-state index in [1.165, 1.54) is 11.3 Å². The highest BCUT2D eigenvalue weighted by Gasteiger charge is 2.23. The maximum Gasteiger partial charge on any atom is 0.306 e. The fourth-order valence-electron chi connectivity index (χ4n) is 2.28. The largest absolute Gasteiger partial charge is 0.454 e. The monoisotopic (exact) mass is 443 g/mol. The number of rotatable bonds is 10. The van der Waals surface area contributed by atoms with Gasteiger partial charge in [0.05, 0.1) is 0 Å². The molecule has 1 aromatic heterocycles. The van der Waals surface area contributed by atoms with E-state index in [0.29, 0.717) is 15.7 Å². The summed E-state index contributed by atoms with van der Waals surface area (Å²) in [5.41, 5.74) is 0.388. The van der Waals surface area contributed by atoms with Gasteiger partial charge >= 0.3 is 5.97 Å². The number of halogens is 2. The summed E-state index contributed by atoms with van der Waals surface area (Å²) < 4.78 is 5.28. The number of anilines is 1. The molecule has 0 saturated carbocycles. The molecule has 1 atom stereocenters. The number of alkyl halides is 1. The first-order valence-corrected chi connectivity index (χ1v) is 10.3.